The van der Waals surface area contributed by atoms with Crippen molar-refractivity contribution in [2.45, 2.75) is 35.8 Å². The first kappa shape index (κ1) is 32.2. The Balaban J connectivity index is 1.75. The highest BCUT2D eigenvalue weighted by Gasteiger charge is 2.36. The minimum Gasteiger partial charge on any atom is -0.497 e. The summed E-state index contributed by atoms with van der Waals surface area (Å²) in [6.07, 6.45) is -0.868. The second-order valence-electron chi connectivity index (χ2n) is 10.3. The molecule has 0 saturated heterocycles. The van der Waals surface area contributed by atoms with Crippen molar-refractivity contribution in [3.05, 3.63) is 78.1 Å². The fraction of sp³-hybridized carbons (Fsp3) is 0.345. The predicted octanol–water partition coefficient (Wildman–Crippen LogP) is 3.18. The Morgan fingerprint density at radius 1 is 1.07 bits per heavy atom. The first-order chi connectivity index (χ1) is 20.3. The van der Waals surface area contributed by atoms with E-state index < -0.39 is 49.8 Å². The van der Waals surface area contributed by atoms with Gasteiger partial charge in [-0.25, -0.2) is 21.2 Å². The number of carbonyl (C=O) groups is 1. The smallest absolute Gasteiger partial charge is 0.262 e. The second kappa shape index (κ2) is 12.9. The number of hydrogen-bond donors (Lipinski definition) is 2. The van der Waals surface area contributed by atoms with E-state index in [4.69, 9.17) is 9.47 Å². The minimum absolute atomic E-state index is 0.0265. The van der Waals surface area contributed by atoms with Gasteiger partial charge in [0.25, 0.3) is 15.9 Å². The standard InChI is InChI=1S/C29H34FN3O8S2/c1-19-16-33(20(2)18-34)29(35)25-6-5-7-26(31-42(36,37)23-14-10-22(40-4)11-15-23)28(25)41-27(19)17-32(3)43(38,39)24-12-8-21(30)9-13-24/h5-15,19-20,27,31,34H,16-18H2,1-4H3/t19-,20+,27-/m1/s1. The fourth-order valence-corrected chi connectivity index (χ4v) is 6.88. The maximum Gasteiger partial charge on any atom is 0.262 e. The van der Waals surface area contributed by atoms with Crippen LogP contribution >= 0.6 is 0 Å². The number of aliphatic hydroxyl groups excluding tert-OH is 1. The molecule has 232 valence electrons. The van der Waals surface area contributed by atoms with Crippen molar-refractivity contribution in [3.8, 4) is 11.5 Å². The normalized spacial score (nSPS) is 18.3. The maximum atomic E-state index is 13.7. The van der Waals surface area contributed by atoms with E-state index in [0.29, 0.717) is 5.75 Å². The summed E-state index contributed by atoms with van der Waals surface area (Å²) in [5, 5.41) is 9.90. The van der Waals surface area contributed by atoms with Gasteiger partial charge in [-0.05, 0) is 67.6 Å². The van der Waals surface area contributed by atoms with Crippen molar-refractivity contribution in [2.75, 3.05) is 38.6 Å². The van der Waals surface area contributed by atoms with Gasteiger partial charge in [0.15, 0.2) is 5.75 Å². The van der Waals surface area contributed by atoms with Crippen molar-refractivity contribution in [1.82, 2.24) is 9.21 Å². The van der Waals surface area contributed by atoms with Crippen molar-refractivity contribution in [3.63, 3.8) is 0 Å². The number of halogens is 1. The van der Waals surface area contributed by atoms with Crippen LogP contribution < -0.4 is 14.2 Å². The number of benzene rings is 3. The molecule has 0 saturated carbocycles. The molecule has 14 heteroatoms. The Labute approximate surface area is 250 Å². The molecule has 0 radical (unpaired) electrons. The lowest BCUT2D eigenvalue weighted by atomic mass is 9.99. The van der Waals surface area contributed by atoms with E-state index in [9.17, 15) is 31.1 Å². The highest BCUT2D eigenvalue weighted by atomic mass is 32.2. The largest absolute Gasteiger partial charge is 0.497 e. The van der Waals surface area contributed by atoms with Crippen LogP contribution in [0.3, 0.4) is 0 Å². The number of carbonyl (C=O) groups excluding carboxylic acids is 1. The third-order valence-corrected chi connectivity index (χ3v) is 10.5. The van der Waals surface area contributed by atoms with Crippen molar-refractivity contribution >= 4 is 31.6 Å². The summed E-state index contributed by atoms with van der Waals surface area (Å²) in [6.45, 7) is 3.04. The summed E-state index contributed by atoms with van der Waals surface area (Å²) < 4.78 is 81.7. The first-order valence-electron chi connectivity index (χ1n) is 13.4. The van der Waals surface area contributed by atoms with Crippen LogP contribution in [-0.2, 0) is 20.0 Å². The second-order valence-corrected chi connectivity index (χ2v) is 14.1. The molecule has 11 nitrogen and oxygen atoms in total. The van der Waals surface area contributed by atoms with E-state index in [1.807, 2.05) is 0 Å². The van der Waals surface area contributed by atoms with Gasteiger partial charge >= 0.3 is 0 Å². The Morgan fingerprint density at radius 2 is 1.70 bits per heavy atom. The van der Waals surface area contributed by atoms with Crippen LogP contribution in [0.15, 0.2) is 76.5 Å². The highest BCUT2D eigenvalue weighted by Crippen LogP contribution is 2.36. The molecule has 1 amide bonds. The van der Waals surface area contributed by atoms with Crippen LogP contribution in [0.25, 0.3) is 0 Å². The van der Waals surface area contributed by atoms with Crippen LogP contribution in [0.2, 0.25) is 0 Å². The zero-order valence-corrected chi connectivity index (χ0v) is 25.7. The van der Waals surface area contributed by atoms with Gasteiger partial charge in [-0.15, -0.1) is 0 Å². The number of amides is 1. The molecule has 3 atom stereocenters. The molecule has 1 aliphatic rings. The number of para-hydroxylation sites is 1. The Morgan fingerprint density at radius 3 is 2.30 bits per heavy atom. The Hall–Kier alpha value is -3.72. The molecule has 0 aromatic heterocycles. The maximum absolute atomic E-state index is 13.7. The number of fused-ring (bicyclic) bond motifs is 1. The van der Waals surface area contributed by atoms with Crippen LogP contribution in [0.5, 0.6) is 11.5 Å². The number of rotatable bonds is 10. The number of ether oxygens (including phenoxy) is 2. The van der Waals surface area contributed by atoms with Gasteiger partial charge in [0, 0.05) is 19.5 Å². The zero-order chi connectivity index (χ0) is 31.5. The molecule has 3 aromatic rings. The number of nitrogens with one attached hydrogen (secondary N) is 1. The third kappa shape index (κ3) is 6.93. The molecule has 2 N–H and O–H groups in total. The summed E-state index contributed by atoms with van der Waals surface area (Å²) in [6, 6.07) is 14.0. The lowest BCUT2D eigenvalue weighted by Crippen LogP contribution is -2.50. The van der Waals surface area contributed by atoms with Crippen LogP contribution in [-0.4, -0.2) is 83.1 Å². The van der Waals surface area contributed by atoms with Gasteiger partial charge in [0.2, 0.25) is 10.0 Å². The van der Waals surface area contributed by atoms with Crippen LogP contribution in [0.1, 0.15) is 24.2 Å². The third-order valence-electron chi connectivity index (χ3n) is 7.26. The summed E-state index contributed by atoms with van der Waals surface area (Å²) in [5.74, 6) is -1.15. The fourth-order valence-electron chi connectivity index (χ4n) is 4.64. The van der Waals surface area contributed by atoms with E-state index in [1.165, 1.54) is 61.5 Å². The average Bonchev–Trinajstić information content (AvgIpc) is 2.98. The molecule has 0 unspecified atom stereocenters. The first-order valence-corrected chi connectivity index (χ1v) is 16.3. The number of sulfonamides is 2. The molecular weight excluding hydrogens is 601 g/mol. The van der Waals surface area contributed by atoms with Crippen LogP contribution in [0.4, 0.5) is 10.1 Å². The van der Waals surface area contributed by atoms with Gasteiger partial charge in [-0.3, -0.25) is 9.52 Å². The molecule has 0 spiro atoms. The van der Waals surface area contributed by atoms with Crippen LogP contribution in [0, 0.1) is 11.7 Å². The van der Waals surface area contributed by atoms with E-state index in [-0.39, 0.29) is 46.5 Å². The average molecular weight is 636 g/mol. The monoisotopic (exact) mass is 635 g/mol. The van der Waals surface area contributed by atoms with E-state index in [2.05, 4.69) is 4.72 Å². The van der Waals surface area contributed by atoms with Gasteiger partial charge in [0.05, 0.1) is 47.3 Å². The molecular formula is C29H34FN3O8S2. The van der Waals surface area contributed by atoms with E-state index in [1.54, 1.807) is 13.8 Å². The molecule has 4 rings (SSSR count). The van der Waals surface area contributed by atoms with Gasteiger partial charge in [0.1, 0.15) is 17.7 Å². The Bertz CT molecular complexity index is 1670. The lowest BCUT2D eigenvalue weighted by Gasteiger charge is -2.38. The topological polar surface area (TPSA) is 143 Å². The summed E-state index contributed by atoms with van der Waals surface area (Å²) in [7, 11) is -5.40. The predicted molar refractivity (Wildman–Crippen MR) is 158 cm³/mol. The van der Waals surface area contributed by atoms with Crippen molar-refractivity contribution in [1.29, 1.82) is 0 Å². The van der Waals surface area contributed by atoms with Crippen molar-refractivity contribution < 1.29 is 40.6 Å². The quantitative estimate of drug-likeness (QED) is 0.346. The van der Waals surface area contributed by atoms with E-state index in [0.717, 1.165) is 28.6 Å². The molecule has 43 heavy (non-hydrogen) atoms. The minimum atomic E-state index is -4.15. The van der Waals surface area contributed by atoms with Gasteiger partial charge in [-0.2, -0.15) is 4.31 Å². The summed E-state index contributed by atoms with van der Waals surface area (Å²) in [5.41, 5.74) is 0.0117. The number of anilines is 1. The lowest BCUT2D eigenvalue weighted by molar-refractivity contribution is 0.0389. The number of likely N-dealkylation sites (N-methyl/N-ethyl adjacent to an activating group) is 1. The molecule has 1 aliphatic heterocycles. The molecule has 0 fully saturated rings. The molecule has 1 heterocycles. The highest BCUT2D eigenvalue weighted by molar-refractivity contribution is 7.92. The molecule has 3 aromatic carbocycles. The van der Waals surface area contributed by atoms with Gasteiger partial charge < -0.3 is 19.5 Å². The Kier molecular flexibility index (Phi) is 9.64. The number of hydrogen-bond acceptors (Lipinski definition) is 8. The molecule has 0 aliphatic carbocycles. The van der Waals surface area contributed by atoms with Gasteiger partial charge in [-0.1, -0.05) is 13.0 Å². The van der Waals surface area contributed by atoms with E-state index >= 15 is 0 Å². The molecule has 0 bridgehead atoms. The zero-order valence-electron chi connectivity index (χ0n) is 24.1. The summed E-state index contributed by atoms with van der Waals surface area (Å²) >= 11 is 0. The van der Waals surface area contributed by atoms with Crippen molar-refractivity contribution in [2.24, 2.45) is 5.92 Å². The number of aliphatic hydroxyl groups is 1. The number of methoxy groups -OCH3 is 1. The number of nitrogens with zero attached hydrogens (tertiary/aromatic N) is 2. The summed E-state index contributed by atoms with van der Waals surface area (Å²) in [4.78, 5) is 15.0. The SMILES string of the molecule is COc1ccc(S(=O)(=O)Nc2cccc3c2O[C@H](CN(C)S(=O)(=O)c2ccc(F)cc2)[C@H](C)CN([C@@H](C)CO)C3=O)cc1.